The summed E-state index contributed by atoms with van der Waals surface area (Å²) in [7, 11) is 3.53. The van der Waals surface area contributed by atoms with Crippen LogP contribution in [-0.2, 0) is 19.1 Å². The molecule has 1 aromatic heterocycles. The lowest BCUT2D eigenvalue weighted by molar-refractivity contribution is 0.0450. The molecule has 0 saturated carbocycles. The molecule has 1 aromatic carbocycles. The summed E-state index contributed by atoms with van der Waals surface area (Å²) in [4.78, 5) is 0. The highest BCUT2D eigenvalue weighted by atomic mass is 16.5. The predicted octanol–water partition coefficient (Wildman–Crippen LogP) is 2.27. The Hall–Kier alpha value is -1.81. The van der Waals surface area contributed by atoms with E-state index in [1.54, 1.807) is 13.3 Å². The van der Waals surface area contributed by atoms with Crippen molar-refractivity contribution in [3.05, 3.63) is 47.8 Å². The molecule has 1 atom stereocenters. The van der Waals surface area contributed by atoms with Gasteiger partial charge in [-0.15, -0.1) is 0 Å². The molecule has 0 spiro atoms. The van der Waals surface area contributed by atoms with Gasteiger partial charge in [0, 0.05) is 24.5 Å². The van der Waals surface area contributed by atoms with Crippen molar-refractivity contribution in [2.75, 3.05) is 7.11 Å². The van der Waals surface area contributed by atoms with Crippen LogP contribution in [0.25, 0.3) is 0 Å². The number of hydrogen-bond donors (Lipinski definition) is 1. The van der Waals surface area contributed by atoms with Crippen molar-refractivity contribution in [3.63, 3.8) is 0 Å². The van der Waals surface area contributed by atoms with Gasteiger partial charge in [0.05, 0.1) is 12.7 Å². The van der Waals surface area contributed by atoms with Gasteiger partial charge in [0.15, 0.2) is 0 Å². The summed E-state index contributed by atoms with van der Waals surface area (Å²) in [6, 6.07) is 9.56. The number of aliphatic hydroxyl groups is 1. The smallest absolute Gasteiger partial charge is 0.124 e. The molecule has 0 saturated heterocycles. The quantitative estimate of drug-likeness (QED) is 0.897. The van der Waals surface area contributed by atoms with E-state index in [4.69, 9.17) is 4.74 Å². The van der Waals surface area contributed by atoms with Gasteiger partial charge in [-0.1, -0.05) is 18.2 Å². The van der Waals surface area contributed by atoms with Crippen LogP contribution in [0, 0.1) is 0 Å². The van der Waals surface area contributed by atoms with E-state index >= 15 is 0 Å². The van der Waals surface area contributed by atoms with Crippen molar-refractivity contribution in [1.82, 2.24) is 9.78 Å². The Labute approximate surface area is 113 Å². The molecule has 1 unspecified atom stereocenters. The summed E-state index contributed by atoms with van der Waals surface area (Å²) in [6.45, 7) is 1.82. The number of hydrogen-bond acceptors (Lipinski definition) is 3. The van der Waals surface area contributed by atoms with Gasteiger partial charge in [-0.05, 0) is 31.9 Å². The Morgan fingerprint density at radius 1 is 1.32 bits per heavy atom. The lowest BCUT2D eigenvalue weighted by Crippen LogP contribution is -2.23. The molecule has 2 aromatic rings. The van der Waals surface area contributed by atoms with E-state index in [1.807, 2.05) is 49.0 Å². The van der Waals surface area contributed by atoms with Crippen molar-refractivity contribution >= 4 is 0 Å². The molecule has 0 aliphatic carbocycles. The molecule has 0 amide bonds. The van der Waals surface area contributed by atoms with Gasteiger partial charge in [0.25, 0.3) is 0 Å². The van der Waals surface area contributed by atoms with Gasteiger partial charge in [-0.2, -0.15) is 5.10 Å². The number of ether oxygens (including phenoxy) is 1. The molecule has 1 N–H and O–H groups in total. The molecule has 102 valence electrons. The Balaban J connectivity index is 2.16. The minimum Gasteiger partial charge on any atom is -0.496 e. The number of aromatic nitrogens is 2. The first-order chi connectivity index (χ1) is 9.04. The molecule has 0 aliphatic rings. The monoisotopic (exact) mass is 260 g/mol. The topological polar surface area (TPSA) is 47.3 Å². The zero-order chi connectivity index (χ0) is 13.9. The third-order valence-electron chi connectivity index (χ3n) is 3.48. The molecular weight excluding hydrogens is 240 g/mol. The van der Waals surface area contributed by atoms with Crippen molar-refractivity contribution in [1.29, 1.82) is 0 Å². The third-order valence-corrected chi connectivity index (χ3v) is 3.48. The molecular formula is C15H20N2O2. The zero-order valence-electron chi connectivity index (χ0n) is 11.6. The first-order valence-electron chi connectivity index (χ1n) is 6.37. The summed E-state index contributed by atoms with van der Waals surface area (Å²) < 4.78 is 7.15. The van der Waals surface area contributed by atoms with E-state index in [0.29, 0.717) is 6.42 Å². The molecule has 0 radical (unpaired) electrons. The summed E-state index contributed by atoms with van der Waals surface area (Å²) >= 11 is 0. The summed E-state index contributed by atoms with van der Waals surface area (Å²) in [5, 5.41) is 14.8. The van der Waals surface area contributed by atoms with Gasteiger partial charge in [0.1, 0.15) is 5.75 Å². The highest BCUT2D eigenvalue weighted by Crippen LogP contribution is 2.33. The maximum atomic E-state index is 10.7. The predicted molar refractivity (Wildman–Crippen MR) is 74.1 cm³/mol. The minimum absolute atomic E-state index is 0.618. The van der Waals surface area contributed by atoms with E-state index in [9.17, 15) is 5.11 Å². The van der Waals surface area contributed by atoms with Crippen molar-refractivity contribution in [3.8, 4) is 5.75 Å². The second-order valence-electron chi connectivity index (χ2n) is 4.92. The summed E-state index contributed by atoms with van der Waals surface area (Å²) in [6.07, 6.45) is 3.15. The van der Waals surface area contributed by atoms with Crippen LogP contribution in [0.3, 0.4) is 0 Å². The van der Waals surface area contributed by atoms with Crippen LogP contribution in [0.1, 0.15) is 24.6 Å². The second-order valence-corrected chi connectivity index (χ2v) is 4.92. The van der Waals surface area contributed by atoms with Gasteiger partial charge < -0.3 is 9.84 Å². The normalized spacial score (nSPS) is 14.1. The number of nitrogens with zero attached hydrogens (tertiary/aromatic N) is 2. The fourth-order valence-electron chi connectivity index (χ4n) is 2.24. The van der Waals surface area contributed by atoms with Crippen LogP contribution < -0.4 is 4.74 Å². The average molecular weight is 260 g/mol. The first-order valence-corrected chi connectivity index (χ1v) is 6.37. The first kappa shape index (κ1) is 13.6. The average Bonchev–Trinajstić information content (AvgIpc) is 2.82. The van der Waals surface area contributed by atoms with Crippen LogP contribution in [0.2, 0.25) is 0 Å². The molecule has 0 bridgehead atoms. The maximum Gasteiger partial charge on any atom is 0.124 e. The van der Waals surface area contributed by atoms with E-state index in [2.05, 4.69) is 5.10 Å². The molecule has 19 heavy (non-hydrogen) atoms. The molecule has 4 nitrogen and oxygen atoms in total. The Morgan fingerprint density at radius 3 is 2.68 bits per heavy atom. The van der Waals surface area contributed by atoms with Gasteiger partial charge in [-0.3, -0.25) is 4.68 Å². The van der Waals surface area contributed by atoms with Gasteiger partial charge in [-0.25, -0.2) is 0 Å². The lowest BCUT2D eigenvalue weighted by Gasteiger charge is -2.25. The van der Waals surface area contributed by atoms with Gasteiger partial charge in [0.2, 0.25) is 0 Å². The number of para-hydroxylation sites is 1. The third kappa shape index (κ3) is 2.96. The van der Waals surface area contributed by atoms with Crippen molar-refractivity contribution < 1.29 is 9.84 Å². The second kappa shape index (κ2) is 5.45. The SMILES string of the molecule is COc1ccccc1C(C)(O)CCc1ccnn1C. The number of methoxy groups -OCH3 is 1. The standard InChI is InChI=1S/C15H20N2O2/c1-15(18,10-8-12-9-11-16-17(12)2)13-6-4-5-7-14(13)19-3/h4-7,9,11,18H,8,10H2,1-3H3. The van der Waals surface area contributed by atoms with E-state index in [1.165, 1.54) is 0 Å². The fraction of sp³-hybridized carbons (Fsp3) is 0.400. The van der Waals surface area contributed by atoms with Crippen LogP contribution in [0.4, 0.5) is 0 Å². The van der Waals surface area contributed by atoms with E-state index in [0.717, 1.165) is 23.4 Å². The molecule has 2 rings (SSSR count). The van der Waals surface area contributed by atoms with Gasteiger partial charge >= 0.3 is 0 Å². The highest BCUT2D eigenvalue weighted by Gasteiger charge is 2.26. The Kier molecular flexibility index (Phi) is 3.90. The Bertz CT molecular complexity index is 547. The number of rotatable bonds is 5. The van der Waals surface area contributed by atoms with Crippen LogP contribution in [0.15, 0.2) is 36.5 Å². The lowest BCUT2D eigenvalue weighted by atomic mass is 9.90. The molecule has 0 fully saturated rings. The van der Waals surface area contributed by atoms with Crippen LogP contribution in [0.5, 0.6) is 5.75 Å². The van der Waals surface area contributed by atoms with E-state index in [-0.39, 0.29) is 0 Å². The molecule has 0 aliphatic heterocycles. The summed E-state index contributed by atoms with van der Waals surface area (Å²) in [5.41, 5.74) is 1.01. The van der Waals surface area contributed by atoms with E-state index < -0.39 is 5.60 Å². The van der Waals surface area contributed by atoms with Crippen LogP contribution >= 0.6 is 0 Å². The minimum atomic E-state index is -0.920. The molecule has 1 heterocycles. The fourth-order valence-corrected chi connectivity index (χ4v) is 2.24. The maximum absolute atomic E-state index is 10.7. The number of aryl methyl sites for hydroxylation is 2. The molecule has 4 heteroatoms. The van der Waals surface area contributed by atoms with Crippen molar-refractivity contribution in [2.45, 2.75) is 25.4 Å². The highest BCUT2D eigenvalue weighted by molar-refractivity contribution is 5.37. The zero-order valence-corrected chi connectivity index (χ0v) is 11.6. The largest absolute Gasteiger partial charge is 0.496 e. The van der Waals surface area contributed by atoms with Crippen LogP contribution in [-0.4, -0.2) is 22.0 Å². The van der Waals surface area contributed by atoms with Crippen molar-refractivity contribution in [2.24, 2.45) is 7.05 Å². The number of benzene rings is 1. The summed E-state index contributed by atoms with van der Waals surface area (Å²) in [5.74, 6) is 0.720. The Morgan fingerprint density at radius 2 is 2.05 bits per heavy atom.